The summed E-state index contributed by atoms with van der Waals surface area (Å²) < 4.78 is 13.1. The molecule has 0 bridgehead atoms. The summed E-state index contributed by atoms with van der Waals surface area (Å²) >= 11 is 1.43. The van der Waals surface area contributed by atoms with Gasteiger partial charge in [-0.2, -0.15) is 0 Å². The van der Waals surface area contributed by atoms with Gasteiger partial charge in [0.1, 0.15) is 5.75 Å². The van der Waals surface area contributed by atoms with E-state index in [0.717, 1.165) is 28.8 Å². The van der Waals surface area contributed by atoms with Crippen molar-refractivity contribution < 1.29 is 9.47 Å². The third-order valence-electron chi connectivity index (χ3n) is 6.15. The summed E-state index contributed by atoms with van der Waals surface area (Å²) in [5, 5.41) is 4.23. The molecule has 2 N–H and O–H groups in total. The molecule has 1 aromatic carbocycles. The molecule has 0 saturated carbocycles. The second-order valence-electron chi connectivity index (χ2n) is 8.94. The summed E-state index contributed by atoms with van der Waals surface area (Å²) in [4.78, 5) is 33.8. The average molecular weight is 455 g/mol. The molecule has 3 aromatic rings. The van der Waals surface area contributed by atoms with Crippen LogP contribution in [0.25, 0.3) is 10.9 Å². The molecule has 0 aliphatic carbocycles. The minimum absolute atomic E-state index is 0.0784. The van der Waals surface area contributed by atoms with Crippen molar-refractivity contribution in [3.63, 3.8) is 0 Å². The summed E-state index contributed by atoms with van der Waals surface area (Å²) in [5.41, 5.74) is 1.09. The number of benzene rings is 1. The zero-order chi connectivity index (χ0) is 22.6. The maximum atomic E-state index is 13.1. The normalized spacial score (nSPS) is 22.4. The van der Waals surface area contributed by atoms with Crippen LogP contribution in [-0.4, -0.2) is 39.1 Å². The first kappa shape index (κ1) is 21.1. The molecule has 1 saturated heterocycles. The molecular formula is C23H26N4O4S. The van der Waals surface area contributed by atoms with Gasteiger partial charge in [0.2, 0.25) is 0 Å². The monoisotopic (exact) mass is 454 g/mol. The lowest BCUT2D eigenvalue weighted by atomic mass is 9.94. The predicted molar refractivity (Wildman–Crippen MR) is 127 cm³/mol. The van der Waals surface area contributed by atoms with Crippen LogP contribution in [0.4, 0.5) is 5.82 Å². The quantitative estimate of drug-likeness (QED) is 0.622. The van der Waals surface area contributed by atoms with Gasteiger partial charge in [-0.1, -0.05) is 11.8 Å². The van der Waals surface area contributed by atoms with E-state index in [-0.39, 0.29) is 22.8 Å². The number of aromatic amines is 2. The molecule has 2 atom stereocenters. The van der Waals surface area contributed by atoms with Crippen molar-refractivity contribution in [2.45, 2.75) is 50.5 Å². The van der Waals surface area contributed by atoms with E-state index in [4.69, 9.17) is 14.5 Å². The number of ether oxygens (including phenoxy) is 2. The zero-order valence-corrected chi connectivity index (χ0v) is 19.3. The van der Waals surface area contributed by atoms with E-state index in [1.165, 1.54) is 11.8 Å². The minimum atomic E-state index is -0.445. The third-order valence-corrected chi connectivity index (χ3v) is 7.31. The van der Waals surface area contributed by atoms with Gasteiger partial charge >= 0.3 is 0 Å². The van der Waals surface area contributed by atoms with E-state index in [0.29, 0.717) is 29.3 Å². The van der Waals surface area contributed by atoms with Crippen LogP contribution in [0.15, 0.2) is 38.8 Å². The van der Waals surface area contributed by atoms with Gasteiger partial charge in [-0.25, -0.2) is 4.99 Å². The van der Waals surface area contributed by atoms with Gasteiger partial charge in [-0.05, 0) is 57.9 Å². The number of nitrogens with one attached hydrogen (secondary N) is 2. The molecule has 2 aliphatic rings. The second-order valence-corrected chi connectivity index (χ2v) is 10.2. The van der Waals surface area contributed by atoms with Gasteiger partial charge in [-0.15, -0.1) is 0 Å². The van der Waals surface area contributed by atoms with Crippen LogP contribution < -0.4 is 15.9 Å². The van der Waals surface area contributed by atoms with Crippen molar-refractivity contribution in [1.29, 1.82) is 0 Å². The number of rotatable bonds is 3. The molecule has 8 nitrogen and oxygen atoms in total. The first-order valence-electron chi connectivity index (χ1n) is 10.7. The fourth-order valence-corrected chi connectivity index (χ4v) is 5.75. The number of thioether (sulfide) groups is 1. The Bertz CT molecular complexity index is 1350. The number of fused-ring (bicyclic) bond motifs is 2. The van der Waals surface area contributed by atoms with Crippen molar-refractivity contribution in [3.05, 3.63) is 56.1 Å². The third kappa shape index (κ3) is 3.59. The Kier molecular flexibility index (Phi) is 5.05. The summed E-state index contributed by atoms with van der Waals surface area (Å²) in [6.45, 7) is 6.65. The van der Waals surface area contributed by atoms with Crippen molar-refractivity contribution in [1.82, 2.24) is 14.8 Å². The maximum Gasteiger partial charge on any atom is 0.271 e. The molecular weight excluding hydrogens is 428 g/mol. The Morgan fingerprint density at radius 2 is 2.06 bits per heavy atom. The van der Waals surface area contributed by atoms with Crippen LogP contribution in [0.1, 0.15) is 56.0 Å². The number of hydrogen-bond acceptors (Lipinski definition) is 6. The lowest BCUT2D eigenvalue weighted by molar-refractivity contribution is -0.0705. The molecule has 5 rings (SSSR count). The summed E-state index contributed by atoms with van der Waals surface area (Å²) in [7, 11) is 1.61. The first-order chi connectivity index (χ1) is 15.3. The molecule has 9 heteroatoms. The molecule has 0 spiro atoms. The van der Waals surface area contributed by atoms with E-state index in [1.807, 2.05) is 35.9 Å². The Balaban J connectivity index is 1.64. The van der Waals surface area contributed by atoms with E-state index in [9.17, 15) is 9.59 Å². The molecule has 2 aliphatic heterocycles. The highest BCUT2D eigenvalue weighted by Gasteiger charge is 2.36. The van der Waals surface area contributed by atoms with Crippen molar-refractivity contribution >= 4 is 33.5 Å². The lowest BCUT2D eigenvalue weighted by Crippen LogP contribution is -2.35. The van der Waals surface area contributed by atoms with Crippen LogP contribution in [0.2, 0.25) is 0 Å². The van der Waals surface area contributed by atoms with Crippen LogP contribution in [0, 0.1) is 0 Å². The van der Waals surface area contributed by atoms with E-state index in [2.05, 4.69) is 23.9 Å². The number of H-pyrrole nitrogens is 2. The van der Waals surface area contributed by atoms with Gasteiger partial charge in [-0.3, -0.25) is 19.4 Å². The minimum Gasteiger partial charge on any atom is -0.497 e. The molecule has 168 valence electrons. The first-order valence-corrected chi connectivity index (χ1v) is 11.5. The van der Waals surface area contributed by atoms with Crippen LogP contribution >= 0.6 is 11.8 Å². The largest absolute Gasteiger partial charge is 0.497 e. The number of methoxy groups -OCH3 is 1. The topological polar surface area (TPSA) is 101 Å². The fourth-order valence-electron chi connectivity index (χ4n) is 4.64. The molecule has 0 radical (unpaired) electrons. The highest BCUT2D eigenvalue weighted by Crippen LogP contribution is 2.45. The van der Waals surface area contributed by atoms with Crippen LogP contribution in [-0.2, 0) is 4.74 Å². The van der Waals surface area contributed by atoms with Gasteiger partial charge < -0.3 is 14.5 Å². The predicted octanol–water partition coefficient (Wildman–Crippen LogP) is 4.04. The standard InChI is InChI=1S/C23H26N4O4S/c1-12-24-20-18(22(29)26-27(20)14-7-8-31-23(2,3)11-14)19(32-12)16-10-13-9-15(30-4)5-6-17(13)25-21(16)28/h5-6,9-10,14,19H,7-8,11H2,1-4H3,(H,25,28)(H,26,29)/t14-,19+/m0/s1. The van der Waals surface area contributed by atoms with Gasteiger partial charge in [0.05, 0.1) is 34.6 Å². The second kappa shape index (κ2) is 7.67. The number of aromatic nitrogens is 3. The molecule has 0 unspecified atom stereocenters. The summed E-state index contributed by atoms with van der Waals surface area (Å²) in [5.74, 6) is 1.32. The Morgan fingerprint density at radius 1 is 1.25 bits per heavy atom. The zero-order valence-electron chi connectivity index (χ0n) is 18.5. The molecule has 1 fully saturated rings. The molecule has 4 heterocycles. The van der Waals surface area contributed by atoms with E-state index in [1.54, 1.807) is 7.11 Å². The Labute approximate surface area is 189 Å². The van der Waals surface area contributed by atoms with Crippen molar-refractivity contribution in [3.8, 4) is 5.75 Å². The van der Waals surface area contributed by atoms with Gasteiger partial charge in [0.25, 0.3) is 11.1 Å². The smallest absolute Gasteiger partial charge is 0.271 e. The van der Waals surface area contributed by atoms with Gasteiger partial charge in [0.15, 0.2) is 5.82 Å². The lowest BCUT2D eigenvalue weighted by Gasteiger charge is -2.36. The number of hydrogen-bond donors (Lipinski definition) is 2. The van der Waals surface area contributed by atoms with Gasteiger partial charge in [0, 0.05) is 23.1 Å². The number of nitrogens with zero attached hydrogens (tertiary/aromatic N) is 2. The van der Waals surface area contributed by atoms with E-state index < -0.39 is 5.25 Å². The number of pyridine rings is 1. The highest BCUT2D eigenvalue weighted by atomic mass is 32.2. The highest BCUT2D eigenvalue weighted by molar-refractivity contribution is 8.14. The van der Waals surface area contributed by atoms with E-state index >= 15 is 0 Å². The maximum absolute atomic E-state index is 13.1. The van der Waals surface area contributed by atoms with Crippen molar-refractivity contribution in [2.75, 3.05) is 13.7 Å². The average Bonchev–Trinajstić information content (AvgIpc) is 3.08. The molecule has 2 aromatic heterocycles. The Morgan fingerprint density at radius 3 is 2.81 bits per heavy atom. The van der Waals surface area contributed by atoms with Crippen LogP contribution in [0.5, 0.6) is 5.75 Å². The summed E-state index contributed by atoms with van der Waals surface area (Å²) in [6.07, 6.45) is 1.57. The number of aliphatic imine (C=N–C) groups is 1. The molecule has 0 amide bonds. The molecule has 32 heavy (non-hydrogen) atoms. The van der Waals surface area contributed by atoms with Crippen LogP contribution in [0.3, 0.4) is 0 Å². The van der Waals surface area contributed by atoms with Crippen molar-refractivity contribution in [2.24, 2.45) is 4.99 Å². The fraction of sp³-hybridized carbons (Fsp3) is 0.435. The summed E-state index contributed by atoms with van der Waals surface area (Å²) in [6, 6.07) is 7.44. The SMILES string of the molecule is COc1ccc2[nH]c(=O)c([C@H]3SC(C)=Nc4c3c(=O)[nH]n4[C@H]3CCOC(C)(C)C3)cc2c1. The Hall–Kier alpha value is -2.78.